The first-order chi connectivity index (χ1) is 16.6. The third kappa shape index (κ3) is 4.67. The average molecular weight is 467 g/mol. The molecule has 4 aromatic rings. The fourth-order valence-corrected chi connectivity index (χ4v) is 4.89. The molecule has 0 aromatic heterocycles. The van der Waals surface area contributed by atoms with Crippen molar-refractivity contribution >= 4 is 29.1 Å². The van der Waals surface area contributed by atoms with Crippen LogP contribution in [0.3, 0.4) is 0 Å². The summed E-state index contributed by atoms with van der Waals surface area (Å²) in [6, 6.07) is 27.7. The summed E-state index contributed by atoms with van der Waals surface area (Å²) in [4.78, 5) is 19.8. The molecular weight excluding hydrogens is 444 g/mol. The molecule has 0 bridgehead atoms. The van der Waals surface area contributed by atoms with E-state index < -0.39 is 0 Å². The lowest BCUT2D eigenvalue weighted by atomic mass is 10.0. The van der Waals surface area contributed by atoms with Gasteiger partial charge in [-0.15, -0.1) is 0 Å². The number of nitrogens with one attached hydrogen (secondary N) is 1. The second kappa shape index (κ2) is 9.45. The summed E-state index contributed by atoms with van der Waals surface area (Å²) < 4.78 is 0. The molecule has 0 radical (unpaired) electrons. The van der Waals surface area contributed by atoms with E-state index >= 15 is 0 Å². The molecule has 0 saturated heterocycles. The van der Waals surface area contributed by atoms with Crippen molar-refractivity contribution in [2.75, 3.05) is 6.54 Å². The van der Waals surface area contributed by atoms with Gasteiger partial charge in [0, 0.05) is 33.0 Å². The Morgan fingerprint density at radius 2 is 1.62 bits per heavy atom. The van der Waals surface area contributed by atoms with Gasteiger partial charge >= 0.3 is 0 Å². The highest BCUT2D eigenvalue weighted by atomic mass is 32.2. The number of fused-ring (bicyclic) bond motifs is 2. The van der Waals surface area contributed by atoms with Crippen molar-refractivity contribution in [2.24, 2.45) is 4.99 Å². The minimum absolute atomic E-state index is 0.176. The van der Waals surface area contributed by atoms with Crippen LogP contribution >= 0.6 is 11.8 Å². The second-order valence-corrected chi connectivity index (χ2v) is 9.05. The van der Waals surface area contributed by atoms with Crippen LogP contribution in [0.4, 0.5) is 5.69 Å². The van der Waals surface area contributed by atoms with Crippen molar-refractivity contribution in [1.29, 1.82) is 0 Å². The van der Waals surface area contributed by atoms with Crippen LogP contribution in [0.25, 0.3) is 0 Å². The van der Waals surface area contributed by atoms with E-state index in [1.165, 1.54) is 0 Å². The van der Waals surface area contributed by atoms with Crippen molar-refractivity contribution in [3.8, 4) is 11.5 Å². The maximum atomic E-state index is 12.8. The predicted molar refractivity (Wildman–Crippen MR) is 135 cm³/mol. The lowest BCUT2D eigenvalue weighted by Crippen LogP contribution is -2.25. The lowest BCUT2D eigenvalue weighted by molar-refractivity contribution is 0.0954. The van der Waals surface area contributed by atoms with E-state index in [1.54, 1.807) is 54.2 Å². The summed E-state index contributed by atoms with van der Waals surface area (Å²) in [5.41, 5.74) is 4.73. The van der Waals surface area contributed by atoms with Gasteiger partial charge in [-0.05, 0) is 60.5 Å². The molecule has 5 rings (SSSR count). The summed E-state index contributed by atoms with van der Waals surface area (Å²) in [5.74, 6) is 0.215. The van der Waals surface area contributed by atoms with Crippen LogP contribution in [-0.2, 0) is 6.42 Å². The molecule has 1 heterocycles. The quantitative estimate of drug-likeness (QED) is 0.310. The minimum atomic E-state index is -0.177. The Kier molecular flexibility index (Phi) is 6.06. The second-order valence-electron chi connectivity index (χ2n) is 7.97. The van der Waals surface area contributed by atoms with E-state index in [1.807, 2.05) is 42.5 Å². The molecule has 0 atom stereocenters. The van der Waals surface area contributed by atoms with Gasteiger partial charge in [-0.25, -0.2) is 4.99 Å². The van der Waals surface area contributed by atoms with Crippen molar-refractivity contribution in [3.05, 3.63) is 113 Å². The number of phenolic OH excluding ortho intramolecular Hbond substituents is 2. The Labute approximate surface area is 201 Å². The number of carbonyl (C=O) groups is 1. The van der Waals surface area contributed by atoms with Gasteiger partial charge in [0.2, 0.25) is 0 Å². The van der Waals surface area contributed by atoms with Crippen molar-refractivity contribution in [3.63, 3.8) is 0 Å². The molecule has 5 nitrogen and oxygen atoms in total. The summed E-state index contributed by atoms with van der Waals surface area (Å²) >= 11 is 1.61. The number of aliphatic imine (C=N–C) groups is 1. The molecule has 0 unspecified atom stereocenters. The molecule has 3 N–H and O–H groups in total. The molecule has 4 aromatic carbocycles. The highest BCUT2D eigenvalue weighted by Crippen LogP contribution is 2.41. The van der Waals surface area contributed by atoms with Crippen LogP contribution in [0, 0.1) is 0 Å². The van der Waals surface area contributed by atoms with E-state index in [-0.39, 0.29) is 17.4 Å². The van der Waals surface area contributed by atoms with E-state index in [9.17, 15) is 15.0 Å². The predicted octanol–water partition coefficient (Wildman–Crippen LogP) is 5.70. The Morgan fingerprint density at radius 1 is 0.824 bits per heavy atom. The fraction of sp³-hybridized carbons (Fsp3) is 0.0714. The first-order valence-electron chi connectivity index (χ1n) is 10.9. The highest BCUT2D eigenvalue weighted by molar-refractivity contribution is 7.99. The molecule has 0 spiro atoms. The van der Waals surface area contributed by atoms with Crippen molar-refractivity contribution in [1.82, 2.24) is 5.32 Å². The average Bonchev–Trinajstić information content (AvgIpc) is 3.00. The zero-order valence-corrected chi connectivity index (χ0v) is 19.0. The molecule has 0 aliphatic carbocycles. The summed E-state index contributed by atoms with van der Waals surface area (Å²) in [5, 5.41) is 22.6. The third-order valence-electron chi connectivity index (χ3n) is 5.54. The molecule has 1 amide bonds. The SMILES string of the molecule is O=C(NCCc1cccc(O)c1)c1ccc2c(c1)N=C(c1cccc(O)c1)c1ccccc1S2. The molecule has 168 valence electrons. The Balaban J connectivity index is 1.44. The molecule has 0 fully saturated rings. The topological polar surface area (TPSA) is 81.9 Å². The Hall–Kier alpha value is -4.03. The zero-order valence-electron chi connectivity index (χ0n) is 18.2. The standard InChI is InChI=1S/C28H22N2O3S/c31-21-7-3-5-18(15-21)13-14-29-28(33)20-11-12-26-24(17-20)30-27(19-6-4-8-22(32)16-19)23-9-1-2-10-25(23)34-26/h1-12,15-17,31-32H,13-14H2,(H,29,33). The van der Waals surface area contributed by atoms with Crippen LogP contribution in [0.5, 0.6) is 11.5 Å². The van der Waals surface area contributed by atoms with Crippen LogP contribution < -0.4 is 5.32 Å². The first kappa shape index (κ1) is 21.8. The number of aromatic hydroxyl groups is 2. The smallest absolute Gasteiger partial charge is 0.251 e. The monoisotopic (exact) mass is 466 g/mol. The lowest BCUT2D eigenvalue weighted by Gasteiger charge is -2.09. The summed E-state index contributed by atoms with van der Waals surface area (Å²) in [7, 11) is 0. The number of carbonyl (C=O) groups excluding carboxylic acids is 1. The Morgan fingerprint density at radius 3 is 2.44 bits per heavy atom. The van der Waals surface area contributed by atoms with Gasteiger partial charge < -0.3 is 15.5 Å². The molecule has 1 aliphatic heterocycles. The number of hydrogen-bond acceptors (Lipinski definition) is 5. The van der Waals surface area contributed by atoms with Gasteiger partial charge in [0.15, 0.2) is 0 Å². The molecule has 1 aliphatic rings. The van der Waals surface area contributed by atoms with E-state index in [2.05, 4.69) is 11.4 Å². The maximum Gasteiger partial charge on any atom is 0.251 e. The van der Waals surface area contributed by atoms with E-state index in [0.29, 0.717) is 24.2 Å². The number of amides is 1. The van der Waals surface area contributed by atoms with Gasteiger partial charge in [-0.1, -0.05) is 54.2 Å². The Bertz CT molecular complexity index is 1410. The van der Waals surface area contributed by atoms with Gasteiger partial charge in [0.05, 0.1) is 11.4 Å². The number of phenols is 2. The van der Waals surface area contributed by atoms with Crippen LogP contribution in [0.15, 0.2) is 106 Å². The third-order valence-corrected chi connectivity index (χ3v) is 6.69. The summed E-state index contributed by atoms with van der Waals surface area (Å²) in [6.45, 7) is 0.456. The fourth-order valence-electron chi connectivity index (χ4n) is 3.89. The van der Waals surface area contributed by atoms with Gasteiger partial charge in [-0.3, -0.25) is 4.79 Å². The van der Waals surface area contributed by atoms with E-state index in [4.69, 9.17) is 4.99 Å². The number of benzene rings is 4. The van der Waals surface area contributed by atoms with Crippen LogP contribution in [-0.4, -0.2) is 28.4 Å². The van der Waals surface area contributed by atoms with Crippen molar-refractivity contribution < 1.29 is 15.0 Å². The number of nitrogens with zero attached hydrogens (tertiary/aromatic N) is 1. The maximum absolute atomic E-state index is 12.8. The molecule has 6 heteroatoms. The highest BCUT2D eigenvalue weighted by Gasteiger charge is 2.20. The zero-order chi connectivity index (χ0) is 23.5. The molecule has 34 heavy (non-hydrogen) atoms. The van der Waals surface area contributed by atoms with Crippen LogP contribution in [0.2, 0.25) is 0 Å². The van der Waals surface area contributed by atoms with Gasteiger partial charge in [0.25, 0.3) is 5.91 Å². The largest absolute Gasteiger partial charge is 0.508 e. The van der Waals surface area contributed by atoms with Crippen LogP contribution in [0.1, 0.15) is 27.0 Å². The normalized spacial score (nSPS) is 12.2. The van der Waals surface area contributed by atoms with Gasteiger partial charge in [0.1, 0.15) is 11.5 Å². The minimum Gasteiger partial charge on any atom is -0.508 e. The number of hydrogen-bond donors (Lipinski definition) is 3. The summed E-state index contributed by atoms with van der Waals surface area (Å²) in [6.07, 6.45) is 0.621. The first-order valence-corrected chi connectivity index (χ1v) is 11.7. The van der Waals surface area contributed by atoms with Crippen molar-refractivity contribution in [2.45, 2.75) is 16.2 Å². The molecule has 0 saturated carbocycles. The van der Waals surface area contributed by atoms with E-state index in [0.717, 1.165) is 32.2 Å². The van der Waals surface area contributed by atoms with Gasteiger partial charge in [-0.2, -0.15) is 0 Å². The number of rotatable bonds is 5. The molecular formula is C28H22N2O3S.